The number of carbonyl (C=O) groups is 1. The van der Waals surface area contributed by atoms with E-state index in [1.165, 1.54) is 0 Å². The van der Waals surface area contributed by atoms with Gasteiger partial charge in [-0.3, -0.25) is 4.79 Å². The zero-order chi connectivity index (χ0) is 11.9. The Labute approximate surface area is 109 Å². The highest BCUT2D eigenvalue weighted by molar-refractivity contribution is 9.10. The first kappa shape index (κ1) is 12.0. The molecule has 0 heterocycles. The van der Waals surface area contributed by atoms with Gasteiger partial charge in [0.15, 0.2) is 0 Å². The Balaban J connectivity index is 2.12. The zero-order valence-electron chi connectivity index (χ0n) is 9.25. The second kappa shape index (κ2) is 4.08. The van der Waals surface area contributed by atoms with Crippen molar-refractivity contribution in [3.05, 3.63) is 28.2 Å². The van der Waals surface area contributed by atoms with Gasteiger partial charge in [-0.25, -0.2) is 0 Å². The van der Waals surface area contributed by atoms with Crippen molar-refractivity contribution in [2.24, 2.45) is 5.41 Å². The third-order valence-corrected chi connectivity index (χ3v) is 3.98. The maximum atomic E-state index is 12.0. The molecule has 0 bridgehead atoms. The second-order valence-electron chi connectivity index (χ2n) is 4.88. The highest BCUT2D eigenvalue weighted by Crippen LogP contribution is 2.44. The molecule has 1 saturated carbocycles. The minimum atomic E-state index is -0.0293. The molecule has 1 aromatic carbocycles. The lowest BCUT2D eigenvalue weighted by Gasteiger charge is -2.08. The number of hydrogen-bond donors (Lipinski definition) is 2. The third kappa shape index (κ3) is 2.43. The van der Waals surface area contributed by atoms with Gasteiger partial charge >= 0.3 is 0 Å². The molecule has 1 aliphatic carbocycles. The molecule has 86 valence electrons. The summed E-state index contributed by atoms with van der Waals surface area (Å²) in [6.45, 7) is 4.31. The van der Waals surface area contributed by atoms with Crippen LogP contribution in [-0.4, -0.2) is 11.9 Å². The highest BCUT2D eigenvalue weighted by Gasteiger charge is 2.46. The van der Waals surface area contributed by atoms with E-state index >= 15 is 0 Å². The van der Waals surface area contributed by atoms with Gasteiger partial charge in [-0.1, -0.05) is 13.8 Å². The standard InChI is InChI=1S/C12H14BrNOS/c1-12(2)6-10(12)14-11(15)8-5-7(16)3-4-9(8)13/h3-5,10,16H,6H2,1-2H3,(H,14,15). The summed E-state index contributed by atoms with van der Waals surface area (Å²) in [6, 6.07) is 5.77. The van der Waals surface area contributed by atoms with Crippen LogP contribution in [0.4, 0.5) is 0 Å². The predicted octanol–water partition coefficient (Wildman–Crippen LogP) is 3.27. The molecule has 1 amide bonds. The Morgan fingerprint density at radius 2 is 2.19 bits per heavy atom. The largest absolute Gasteiger partial charge is 0.349 e. The van der Waals surface area contributed by atoms with Crippen LogP contribution in [0, 0.1) is 5.41 Å². The molecule has 0 aliphatic heterocycles. The number of benzene rings is 1. The van der Waals surface area contributed by atoms with Crippen LogP contribution in [0.1, 0.15) is 30.6 Å². The number of thiol groups is 1. The van der Waals surface area contributed by atoms with Crippen molar-refractivity contribution in [1.82, 2.24) is 5.32 Å². The Kier molecular flexibility index (Phi) is 3.05. The molecule has 0 radical (unpaired) electrons. The number of rotatable bonds is 2. The van der Waals surface area contributed by atoms with E-state index in [4.69, 9.17) is 0 Å². The van der Waals surface area contributed by atoms with Crippen LogP contribution in [0.2, 0.25) is 0 Å². The first-order valence-electron chi connectivity index (χ1n) is 5.19. The average molecular weight is 300 g/mol. The fourth-order valence-electron chi connectivity index (χ4n) is 1.64. The van der Waals surface area contributed by atoms with Crippen molar-refractivity contribution in [3.63, 3.8) is 0 Å². The monoisotopic (exact) mass is 299 g/mol. The van der Waals surface area contributed by atoms with Crippen LogP contribution in [-0.2, 0) is 0 Å². The molecule has 1 aromatic rings. The van der Waals surface area contributed by atoms with E-state index in [0.717, 1.165) is 15.8 Å². The second-order valence-corrected chi connectivity index (χ2v) is 6.25. The van der Waals surface area contributed by atoms with Gasteiger partial charge in [-0.2, -0.15) is 0 Å². The van der Waals surface area contributed by atoms with Gasteiger partial charge < -0.3 is 5.32 Å². The Bertz CT molecular complexity index is 445. The minimum absolute atomic E-state index is 0.0293. The lowest BCUT2D eigenvalue weighted by molar-refractivity contribution is 0.0945. The molecular weight excluding hydrogens is 286 g/mol. The Morgan fingerprint density at radius 1 is 1.56 bits per heavy atom. The maximum absolute atomic E-state index is 12.0. The first-order chi connectivity index (χ1) is 7.40. The van der Waals surface area contributed by atoms with Crippen LogP contribution >= 0.6 is 28.6 Å². The molecule has 4 heteroatoms. The number of nitrogens with one attached hydrogen (secondary N) is 1. The van der Waals surface area contributed by atoms with Crippen LogP contribution in [0.5, 0.6) is 0 Å². The molecule has 2 rings (SSSR count). The van der Waals surface area contributed by atoms with Crippen LogP contribution in [0.15, 0.2) is 27.6 Å². The average Bonchev–Trinajstić information content (AvgIpc) is 2.77. The molecule has 0 saturated heterocycles. The first-order valence-corrected chi connectivity index (χ1v) is 6.43. The Hall–Kier alpha value is -0.480. The molecule has 2 nitrogen and oxygen atoms in total. The van der Waals surface area contributed by atoms with Gasteiger partial charge in [0.05, 0.1) is 5.56 Å². The van der Waals surface area contributed by atoms with Gasteiger partial charge in [0.1, 0.15) is 0 Å². The lowest BCUT2D eigenvalue weighted by atomic mass is 10.1. The van der Waals surface area contributed by atoms with Gasteiger partial charge in [0.25, 0.3) is 5.91 Å². The molecule has 1 fully saturated rings. The maximum Gasteiger partial charge on any atom is 0.252 e. The molecule has 0 spiro atoms. The predicted molar refractivity (Wildman–Crippen MR) is 71.0 cm³/mol. The van der Waals surface area contributed by atoms with Crippen molar-refractivity contribution in [3.8, 4) is 0 Å². The van der Waals surface area contributed by atoms with Crippen molar-refractivity contribution in [2.45, 2.75) is 31.2 Å². The fourth-order valence-corrected chi connectivity index (χ4v) is 2.27. The summed E-state index contributed by atoms with van der Waals surface area (Å²) in [5.41, 5.74) is 0.899. The zero-order valence-corrected chi connectivity index (χ0v) is 11.7. The van der Waals surface area contributed by atoms with E-state index < -0.39 is 0 Å². The van der Waals surface area contributed by atoms with Crippen molar-refractivity contribution < 1.29 is 4.79 Å². The molecule has 1 unspecified atom stereocenters. The molecule has 1 N–H and O–H groups in total. The summed E-state index contributed by atoms with van der Waals surface area (Å²) in [6.07, 6.45) is 1.05. The summed E-state index contributed by atoms with van der Waals surface area (Å²) in [5.74, 6) is -0.0293. The van der Waals surface area contributed by atoms with Crippen LogP contribution < -0.4 is 5.32 Å². The fraction of sp³-hybridized carbons (Fsp3) is 0.417. The summed E-state index contributed by atoms with van der Waals surface area (Å²) >= 11 is 7.61. The van der Waals surface area contributed by atoms with Gasteiger partial charge in [-0.15, -0.1) is 12.6 Å². The van der Waals surface area contributed by atoms with E-state index in [0.29, 0.717) is 11.6 Å². The SMILES string of the molecule is CC1(C)CC1NC(=O)c1cc(S)ccc1Br. The highest BCUT2D eigenvalue weighted by atomic mass is 79.9. The summed E-state index contributed by atoms with van der Waals surface area (Å²) < 4.78 is 0.807. The number of halogens is 1. The molecule has 0 aromatic heterocycles. The number of amides is 1. The van der Waals surface area contributed by atoms with E-state index in [1.807, 2.05) is 12.1 Å². The van der Waals surface area contributed by atoms with Crippen molar-refractivity contribution >= 4 is 34.5 Å². The third-order valence-electron chi connectivity index (χ3n) is 3.01. The topological polar surface area (TPSA) is 29.1 Å². The van der Waals surface area contributed by atoms with Gasteiger partial charge in [0.2, 0.25) is 0 Å². The van der Waals surface area contributed by atoms with Gasteiger partial charge in [-0.05, 0) is 46.0 Å². The number of carbonyl (C=O) groups excluding carboxylic acids is 1. The molecule has 1 atom stereocenters. The van der Waals surface area contributed by atoms with E-state index in [1.54, 1.807) is 6.07 Å². The summed E-state index contributed by atoms with van der Waals surface area (Å²) in [4.78, 5) is 12.8. The lowest BCUT2D eigenvalue weighted by Crippen LogP contribution is -2.28. The molecule has 16 heavy (non-hydrogen) atoms. The van der Waals surface area contributed by atoms with E-state index in [-0.39, 0.29) is 11.3 Å². The quantitative estimate of drug-likeness (QED) is 0.807. The van der Waals surface area contributed by atoms with E-state index in [2.05, 4.69) is 47.7 Å². The molecular formula is C12H14BrNOS. The summed E-state index contributed by atoms with van der Waals surface area (Å²) in [7, 11) is 0. The normalized spacial score (nSPS) is 21.6. The van der Waals surface area contributed by atoms with Crippen LogP contribution in [0.25, 0.3) is 0 Å². The minimum Gasteiger partial charge on any atom is -0.349 e. The summed E-state index contributed by atoms with van der Waals surface area (Å²) in [5, 5.41) is 3.03. The Morgan fingerprint density at radius 3 is 2.75 bits per heavy atom. The number of hydrogen-bond acceptors (Lipinski definition) is 2. The van der Waals surface area contributed by atoms with Gasteiger partial charge in [0, 0.05) is 15.4 Å². The van der Waals surface area contributed by atoms with Crippen LogP contribution in [0.3, 0.4) is 0 Å². The van der Waals surface area contributed by atoms with Crippen molar-refractivity contribution in [2.75, 3.05) is 0 Å². The molecule has 1 aliphatic rings. The smallest absolute Gasteiger partial charge is 0.252 e. The van der Waals surface area contributed by atoms with E-state index in [9.17, 15) is 4.79 Å². The van der Waals surface area contributed by atoms with Crippen molar-refractivity contribution in [1.29, 1.82) is 0 Å².